The van der Waals surface area contributed by atoms with Crippen molar-refractivity contribution in [3.8, 4) is 5.88 Å². The summed E-state index contributed by atoms with van der Waals surface area (Å²) >= 11 is 0. The summed E-state index contributed by atoms with van der Waals surface area (Å²) in [5.74, 6) is 0.756. The third-order valence-corrected chi connectivity index (χ3v) is 2.65. The first kappa shape index (κ1) is 13.0. The third kappa shape index (κ3) is 2.87. The van der Waals surface area contributed by atoms with Crippen LogP contribution in [0.2, 0.25) is 0 Å². The Hall–Kier alpha value is -2.44. The minimum Gasteiger partial charge on any atom is -0.480 e. The SMILES string of the molecule is CCn1cnnc1CNC(=O)c1cccnc1OC. The Morgan fingerprint density at radius 1 is 1.53 bits per heavy atom. The van der Waals surface area contributed by atoms with Crippen LogP contribution < -0.4 is 10.1 Å². The van der Waals surface area contributed by atoms with Gasteiger partial charge < -0.3 is 14.6 Å². The Morgan fingerprint density at radius 2 is 2.37 bits per heavy atom. The van der Waals surface area contributed by atoms with Gasteiger partial charge in [0.2, 0.25) is 5.88 Å². The second kappa shape index (κ2) is 5.94. The van der Waals surface area contributed by atoms with Crippen molar-refractivity contribution in [2.45, 2.75) is 20.0 Å². The lowest BCUT2D eigenvalue weighted by atomic mass is 10.2. The largest absolute Gasteiger partial charge is 0.480 e. The van der Waals surface area contributed by atoms with Crippen LogP contribution in [0.4, 0.5) is 0 Å². The summed E-state index contributed by atoms with van der Waals surface area (Å²) in [6, 6.07) is 3.34. The maximum Gasteiger partial charge on any atom is 0.257 e. The van der Waals surface area contributed by atoms with Gasteiger partial charge >= 0.3 is 0 Å². The van der Waals surface area contributed by atoms with E-state index in [9.17, 15) is 4.79 Å². The fourth-order valence-corrected chi connectivity index (χ4v) is 1.66. The third-order valence-electron chi connectivity index (χ3n) is 2.65. The molecule has 1 amide bonds. The van der Waals surface area contributed by atoms with Gasteiger partial charge in [-0.1, -0.05) is 0 Å². The van der Waals surface area contributed by atoms with Crippen LogP contribution in [0.15, 0.2) is 24.7 Å². The Balaban J connectivity index is 2.05. The Bertz CT molecular complexity index is 567. The van der Waals surface area contributed by atoms with Gasteiger partial charge in [-0.2, -0.15) is 0 Å². The van der Waals surface area contributed by atoms with Gasteiger partial charge in [-0.15, -0.1) is 10.2 Å². The second-order valence-electron chi connectivity index (χ2n) is 3.78. The highest BCUT2D eigenvalue weighted by atomic mass is 16.5. The van der Waals surface area contributed by atoms with Crippen LogP contribution in [0.3, 0.4) is 0 Å². The number of aromatic nitrogens is 4. The second-order valence-corrected chi connectivity index (χ2v) is 3.78. The van der Waals surface area contributed by atoms with E-state index in [2.05, 4.69) is 20.5 Å². The van der Waals surface area contributed by atoms with Crippen LogP contribution in [0, 0.1) is 0 Å². The molecule has 0 aliphatic carbocycles. The number of ether oxygens (including phenoxy) is 1. The first-order valence-electron chi connectivity index (χ1n) is 5.90. The van der Waals surface area contributed by atoms with Crippen LogP contribution in [0.1, 0.15) is 23.1 Å². The van der Waals surface area contributed by atoms with Gasteiger partial charge in [0.05, 0.1) is 13.7 Å². The lowest BCUT2D eigenvalue weighted by Crippen LogP contribution is -2.25. The summed E-state index contributed by atoms with van der Waals surface area (Å²) in [5.41, 5.74) is 0.396. The zero-order chi connectivity index (χ0) is 13.7. The molecule has 0 fully saturated rings. The van der Waals surface area contributed by atoms with E-state index in [-0.39, 0.29) is 5.91 Å². The molecule has 2 aromatic rings. The minimum absolute atomic E-state index is 0.254. The van der Waals surface area contributed by atoms with Gasteiger partial charge in [0.25, 0.3) is 5.91 Å². The molecule has 100 valence electrons. The van der Waals surface area contributed by atoms with E-state index in [4.69, 9.17) is 4.74 Å². The maximum atomic E-state index is 12.0. The van der Waals surface area contributed by atoms with Crippen LogP contribution >= 0.6 is 0 Å². The molecule has 0 saturated heterocycles. The number of hydrogen-bond acceptors (Lipinski definition) is 5. The first-order valence-corrected chi connectivity index (χ1v) is 5.90. The van der Waals surface area contributed by atoms with Crippen molar-refractivity contribution in [3.63, 3.8) is 0 Å². The monoisotopic (exact) mass is 261 g/mol. The highest BCUT2D eigenvalue weighted by Gasteiger charge is 2.13. The lowest BCUT2D eigenvalue weighted by molar-refractivity contribution is 0.0945. The molecule has 0 saturated carbocycles. The van der Waals surface area contributed by atoms with Crippen LogP contribution in [-0.2, 0) is 13.1 Å². The van der Waals surface area contributed by atoms with Crippen molar-refractivity contribution < 1.29 is 9.53 Å². The number of carbonyl (C=O) groups excluding carboxylic acids is 1. The van der Waals surface area contributed by atoms with Crippen LogP contribution in [0.25, 0.3) is 0 Å². The van der Waals surface area contributed by atoms with Crippen molar-refractivity contribution in [3.05, 3.63) is 36.0 Å². The van der Waals surface area contributed by atoms with Gasteiger partial charge in [-0.05, 0) is 19.1 Å². The minimum atomic E-state index is -0.254. The molecule has 0 bridgehead atoms. The molecule has 0 aliphatic heterocycles. The molecule has 0 atom stereocenters. The van der Waals surface area contributed by atoms with Gasteiger partial charge in [-0.3, -0.25) is 4.79 Å². The van der Waals surface area contributed by atoms with Crippen molar-refractivity contribution in [1.82, 2.24) is 25.1 Å². The number of pyridine rings is 1. The smallest absolute Gasteiger partial charge is 0.257 e. The van der Waals surface area contributed by atoms with Crippen molar-refractivity contribution in [1.29, 1.82) is 0 Å². The number of hydrogen-bond donors (Lipinski definition) is 1. The predicted octanol–water partition coefficient (Wildman–Crippen LogP) is 0.632. The summed E-state index contributed by atoms with van der Waals surface area (Å²) in [5, 5.41) is 10.5. The van der Waals surface area contributed by atoms with Crippen molar-refractivity contribution >= 4 is 5.91 Å². The molecule has 2 rings (SSSR count). The number of amides is 1. The number of rotatable bonds is 5. The average Bonchev–Trinajstić information content (AvgIpc) is 2.92. The quantitative estimate of drug-likeness (QED) is 0.853. The molecular formula is C12H15N5O2. The van der Waals surface area contributed by atoms with E-state index in [1.807, 2.05) is 11.5 Å². The molecule has 0 aliphatic rings. The highest BCUT2D eigenvalue weighted by Crippen LogP contribution is 2.13. The summed E-state index contributed by atoms with van der Waals surface area (Å²) in [7, 11) is 1.48. The molecule has 0 spiro atoms. The highest BCUT2D eigenvalue weighted by molar-refractivity contribution is 5.96. The van der Waals surface area contributed by atoms with Gasteiger partial charge in [-0.25, -0.2) is 4.98 Å². The van der Waals surface area contributed by atoms with E-state index in [1.165, 1.54) is 7.11 Å². The van der Waals surface area contributed by atoms with Crippen LogP contribution in [-0.4, -0.2) is 32.8 Å². The number of nitrogens with zero attached hydrogens (tertiary/aromatic N) is 4. The zero-order valence-electron chi connectivity index (χ0n) is 10.8. The van der Waals surface area contributed by atoms with E-state index in [0.717, 1.165) is 6.54 Å². The van der Waals surface area contributed by atoms with E-state index in [1.54, 1.807) is 24.7 Å². The average molecular weight is 261 g/mol. The summed E-state index contributed by atoms with van der Waals surface area (Å²) < 4.78 is 6.91. The van der Waals surface area contributed by atoms with Crippen LogP contribution in [0.5, 0.6) is 5.88 Å². The Morgan fingerprint density at radius 3 is 3.11 bits per heavy atom. The Kier molecular flexibility index (Phi) is 4.07. The summed E-state index contributed by atoms with van der Waals surface area (Å²) in [4.78, 5) is 16.0. The molecular weight excluding hydrogens is 246 g/mol. The molecule has 2 aromatic heterocycles. The van der Waals surface area contributed by atoms with Crippen molar-refractivity contribution in [2.75, 3.05) is 7.11 Å². The molecule has 19 heavy (non-hydrogen) atoms. The number of carbonyl (C=O) groups is 1. The number of nitrogens with one attached hydrogen (secondary N) is 1. The predicted molar refractivity (Wildman–Crippen MR) is 67.7 cm³/mol. The molecule has 7 heteroatoms. The summed E-state index contributed by atoms with van der Waals surface area (Å²) in [6.45, 7) is 3.05. The first-order chi connectivity index (χ1) is 9.26. The fourth-order valence-electron chi connectivity index (χ4n) is 1.66. The van der Waals surface area contributed by atoms with Gasteiger partial charge in [0.15, 0.2) is 5.82 Å². The van der Waals surface area contributed by atoms with E-state index in [0.29, 0.717) is 23.8 Å². The Labute approximate surface area is 110 Å². The molecule has 0 aromatic carbocycles. The topological polar surface area (TPSA) is 81.9 Å². The number of aryl methyl sites for hydroxylation is 1. The number of methoxy groups -OCH3 is 1. The standard InChI is InChI=1S/C12H15N5O2/c1-3-17-8-15-16-10(17)7-14-11(18)9-5-4-6-13-12(9)19-2/h4-6,8H,3,7H2,1-2H3,(H,14,18). The van der Waals surface area contributed by atoms with Gasteiger partial charge in [0.1, 0.15) is 11.9 Å². The fraction of sp³-hybridized carbons (Fsp3) is 0.333. The maximum absolute atomic E-state index is 12.0. The molecule has 0 radical (unpaired) electrons. The van der Waals surface area contributed by atoms with E-state index < -0.39 is 0 Å². The normalized spacial score (nSPS) is 10.2. The van der Waals surface area contributed by atoms with E-state index >= 15 is 0 Å². The molecule has 0 unspecified atom stereocenters. The van der Waals surface area contributed by atoms with Gasteiger partial charge in [0, 0.05) is 12.7 Å². The molecule has 7 nitrogen and oxygen atoms in total. The van der Waals surface area contributed by atoms with Crippen molar-refractivity contribution in [2.24, 2.45) is 0 Å². The summed E-state index contributed by atoms with van der Waals surface area (Å²) in [6.07, 6.45) is 3.20. The lowest BCUT2D eigenvalue weighted by Gasteiger charge is -2.08. The molecule has 2 heterocycles. The molecule has 1 N–H and O–H groups in total. The zero-order valence-corrected chi connectivity index (χ0v) is 10.8.